The zero-order valence-corrected chi connectivity index (χ0v) is 24.5. The van der Waals surface area contributed by atoms with Crippen molar-refractivity contribution in [1.82, 2.24) is 24.7 Å². The first-order valence-corrected chi connectivity index (χ1v) is 14.4. The van der Waals surface area contributed by atoms with Gasteiger partial charge in [0.25, 0.3) is 0 Å². The summed E-state index contributed by atoms with van der Waals surface area (Å²) in [7, 11) is 0. The van der Waals surface area contributed by atoms with Gasteiger partial charge in [-0.25, -0.2) is 19.3 Å². The number of halogens is 2. The number of aliphatic carboxylic acids is 1. The van der Waals surface area contributed by atoms with Gasteiger partial charge in [0.1, 0.15) is 29.4 Å². The molecule has 3 aromatic heterocycles. The average molecular weight is 616 g/mol. The summed E-state index contributed by atoms with van der Waals surface area (Å²) in [6, 6.07) is 11.7. The summed E-state index contributed by atoms with van der Waals surface area (Å²) in [5.41, 5.74) is 6.43. The second-order valence-electron chi connectivity index (χ2n) is 12.0. The number of aromatic nitrogens is 5. The van der Waals surface area contributed by atoms with Crippen molar-refractivity contribution >= 4 is 46.0 Å². The molecule has 13 heteroatoms. The molecule has 44 heavy (non-hydrogen) atoms. The molecule has 0 spiro atoms. The van der Waals surface area contributed by atoms with Crippen LogP contribution < -0.4 is 11.1 Å². The molecule has 1 saturated carbocycles. The van der Waals surface area contributed by atoms with Crippen molar-refractivity contribution in [3.05, 3.63) is 82.3 Å². The van der Waals surface area contributed by atoms with E-state index in [1.165, 1.54) is 12.3 Å². The Labute approximate surface area is 255 Å². The van der Waals surface area contributed by atoms with Crippen molar-refractivity contribution in [2.24, 2.45) is 11.3 Å². The maximum absolute atomic E-state index is 14.5. The summed E-state index contributed by atoms with van der Waals surface area (Å²) in [5, 5.41) is 18.3. The van der Waals surface area contributed by atoms with Gasteiger partial charge in [-0.1, -0.05) is 29.8 Å². The molecule has 0 saturated heterocycles. The average Bonchev–Trinajstić information content (AvgIpc) is 3.50. The van der Waals surface area contributed by atoms with E-state index in [0.29, 0.717) is 38.4 Å². The normalized spacial score (nSPS) is 18.0. The van der Waals surface area contributed by atoms with Crippen LogP contribution in [0.2, 0.25) is 5.02 Å². The summed E-state index contributed by atoms with van der Waals surface area (Å²) >= 11 is 6.32. The van der Waals surface area contributed by atoms with Crippen molar-refractivity contribution in [3.63, 3.8) is 0 Å². The molecule has 2 aromatic carbocycles. The molecule has 7 rings (SSSR count). The Morgan fingerprint density at radius 3 is 2.73 bits per heavy atom. The van der Waals surface area contributed by atoms with E-state index in [-0.39, 0.29) is 54.0 Å². The highest BCUT2D eigenvalue weighted by Crippen LogP contribution is 2.57. The number of anilines is 2. The van der Waals surface area contributed by atoms with Gasteiger partial charge in [-0.3, -0.25) is 14.3 Å². The topological polar surface area (TPSA) is 162 Å². The molecular formula is C31H27ClFN7O4. The van der Waals surface area contributed by atoms with Gasteiger partial charge in [0.2, 0.25) is 11.8 Å². The lowest BCUT2D eigenvalue weighted by Gasteiger charge is -2.24. The summed E-state index contributed by atoms with van der Waals surface area (Å²) in [6.45, 7) is 3.33. The minimum atomic E-state index is -1.36. The van der Waals surface area contributed by atoms with Crippen LogP contribution in [0.4, 0.5) is 16.0 Å². The zero-order chi connectivity index (χ0) is 31.0. The summed E-state index contributed by atoms with van der Waals surface area (Å²) in [4.78, 5) is 39.5. The van der Waals surface area contributed by atoms with Crippen LogP contribution >= 0.6 is 11.6 Å². The lowest BCUT2D eigenvalue weighted by Crippen LogP contribution is -2.39. The Kier molecular flexibility index (Phi) is 6.26. The minimum Gasteiger partial charge on any atom is -0.481 e. The number of nitrogens with two attached hydrogens (primary N) is 1. The Morgan fingerprint density at radius 2 is 2.00 bits per heavy atom. The fourth-order valence-electron chi connectivity index (χ4n) is 5.99. The van der Waals surface area contributed by atoms with Gasteiger partial charge in [0.05, 0.1) is 28.7 Å². The quantitative estimate of drug-likeness (QED) is 0.213. The number of amides is 1. The van der Waals surface area contributed by atoms with Gasteiger partial charge in [-0.05, 0) is 56.9 Å². The van der Waals surface area contributed by atoms with Gasteiger partial charge in [0.15, 0.2) is 11.2 Å². The van der Waals surface area contributed by atoms with Gasteiger partial charge >= 0.3 is 5.97 Å². The zero-order valence-electron chi connectivity index (χ0n) is 23.8. The van der Waals surface area contributed by atoms with E-state index in [0.717, 1.165) is 12.8 Å². The summed E-state index contributed by atoms with van der Waals surface area (Å²) < 4.78 is 22.0. The number of rotatable bonds is 8. The number of hydrogen-bond acceptors (Lipinski definition) is 8. The second kappa shape index (κ2) is 9.84. The molecule has 1 unspecified atom stereocenters. The van der Waals surface area contributed by atoms with E-state index in [2.05, 4.69) is 15.3 Å². The standard InChI is InChI=1S/C31H27ClFN7O4/c1-30(2,29(42)43)12-18-14-44-28(35-18)31(16-7-8-16)22-24(34)36-26(37-25(22)38-27(31)41)23-19-10-9-17(32)11-21(19)40(39-23)13-15-5-3-4-6-20(15)33/h3-6,9-11,14,16H,7-8,12-13H2,1-2H3,(H,42,43)(H3,34,36,37,38,41). The molecular weight excluding hydrogens is 589 g/mol. The highest BCUT2D eigenvalue weighted by atomic mass is 35.5. The van der Waals surface area contributed by atoms with Gasteiger partial charge in [-0.2, -0.15) is 5.10 Å². The van der Waals surface area contributed by atoms with Crippen LogP contribution in [0.15, 0.2) is 53.1 Å². The van der Waals surface area contributed by atoms with Gasteiger partial charge in [0, 0.05) is 22.4 Å². The van der Waals surface area contributed by atoms with Crippen LogP contribution in [0, 0.1) is 17.2 Å². The molecule has 1 atom stereocenters. The van der Waals surface area contributed by atoms with Crippen molar-refractivity contribution in [3.8, 4) is 11.5 Å². The molecule has 0 radical (unpaired) electrons. The van der Waals surface area contributed by atoms with Crippen LogP contribution in [0.5, 0.6) is 0 Å². The molecule has 2 aliphatic rings. The van der Waals surface area contributed by atoms with E-state index in [1.807, 2.05) is 0 Å². The third-order valence-corrected chi connectivity index (χ3v) is 8.64. The summed E-state index contributed by atoms with van der Waals surface area (Å²) in [6.07, 6.45) is 2.97. The third kappa shape index (κ3) is 4.31. The SMILES string of the molecule is CC(C)(Cc1coc(C2(C3CC3)C(=O)Nc3nc(-c4nn(Cc5ccccc5F)c5cc(Cl)ccc45)nc(N)c32)n1)C(=O)O. The number of hydrogen-bond donors (Lipinski definition) is 3. The van der Waals surface area contributed by atoms with Crippen LogP contribution in [0.25, 0.3) is 22.4 Å². The number of benzene rings is 2. The lowest BCUT2D eigenvalue weighted by molar-refractivity contribution is -0.146. The molecule has 1 amide bonds. The van der Waals surface area contributed by atoms with Crippen molar-refractivity contribution < 1.29 is 23.5 Å². The van der Waals surface area contributed by atoms with E-state index in [9.17, 15) is 19.1 Å². The van der Waals surface area contributed by atoms with Crippen LogP contribution in [0.3, 0.4) is 0 Å². The minimum absolute atomic E-state index is 0.0617. The molecule has 1 aliphatic heterocycles. The first-order valence-electron chi connectivity index (χ1n) is 14.1. The van der Waals surface area contributed by atoms with Crippen molar-refractivity contribution in [2.75, 3.05) is 11.1 Å². The van der Waals surface area contributed by atoms with E-state index in [1.54, 1.807) is 54.9 Å². The van der Waals surface area contributed by atoms with Crippen LogP contribution in [0.1, 0.15) is 49.4 Å². The molecule has 0 bridgehead atoms. The Hall–Kier alpha value is -4.84. The molecule has 4 heterocycles. The van der Waals surface area contributed by atoms with E-state index >= 15 is 0 Å². The predicted molar refractivity (Wildman–Crippen MR) is 159 cm³/mol. The van der Waals surface area contributed by atoms with E-state index < -0.39 is 16.8 Å². The Balaban J connectivity index is 1.33. The van der Waals surface area contributed by atoms with Crippen LogP contribution in [-0.2, 0) is 28.0 Å². The second-order valence-corrected chi connectivity index (χ2v) is 12.4. The molecule has 5 aromatic rings. The molecule has 1 aliphatic carbocycles. The molecule has 1 fully saturated rings. The number of carboxylic acids is 1. The first kappa shape index (κ1) is 28.0. The number of fused-ring (bicyclic) bond motifs is 2. The first-order chi connectivity index (χ1) is 21.0. The van der Waals surface area contributed by atoms with Crippen molar-refractivity contribution in [2.45, 2.75) is 45.1 Å². The maximum Gasteiger partial charge on any atom is 0.309 e. The van der Waals surface area contributed by atoms with Crippen molar-refractivity contribution in [1.29, 1.82) is 0 Å². The molecule has 224 valence electrons. The smallest absolute Gasteiger partial charge is 0.309 e. The monoisotopic (exact) mass is 615 g/mol. The lowest BCUT2D eigenvalue weighted by atomic mass is 9.77. The highest BCUT2D eigenvalue weighted by molar-refractivity contribution is 6.31. The number of carboxylic acid groups (broad SMARTS) is 1. The van der Waals surface area contributed by atoms with Gasteiger partial charge < -0.3 is 20.6 Å². The van der Waals surface area contributed by atoms with E-state index in [4.69, 9.17) is 31.8 Å². The number of nitrogen functional groups attached to an aromatic ring is 1. The van der Waals surface area contributed by atoms with Gasteiger partial charge in [-0.15, -0.1) is 0 Å². The third-order valence-electron chi connectivity index (χ3n) is 8.41. The molecule has 4 N–H and O–H groups in total. The largest absolute Gasteiger partial charge is 0.481 e. The Bertz CT molecular complexity index is 2000. The maximum atomic E-state index is 14.5. The van der Waals surface area contributed by atoms with Crippen LogP contribution in [-0.4, -0.2) is 41.7 Å². The molecule has 11 nitrogen and oxygen atoms in total. The number of oxazole rings is 1. The fraction of sp³-hybridized carbons (Fsp3) is 0.290. The fourth-order valence-corrected chi connectivity index (χ4v) is 6.15. The Morgan fingerprint density at radius 1 is 1.23 bits per heavy atom. The summed E-state index contributed by atoms with van der Waals surface area (Å²) in [5.74, 6) is -1.29. The number of nitrogens with zero attached hydrogens (tertiary/aromatic N) is 5. The highest BCUT2D eigenvalue weighted by Gasteiger charge is 2.62. The number of nitrogens with one attached hydrogen (secondary N) is 1. The number of carbonyl (C=O) groups is 2. The predicted octanol–water partition coefficient (Wildman–Crippen LogP) is 5.21. The number of carbonyl (C=O) groups excluding carboxylic acids is 1.